The first-order valence-electron chi connectivity index (χ1n) is 6.93. The Bertz CT molecular complexity index is 484. The molecule has 1 atom stereocenters. The van der Waals surface area contributed by atoms with Crippen molar-refractivity contribution in [1.82, 2.24) is 4.90 Å². The van der Waals surface area contributed by atoms with E-state index < -0.39 is 11.9 Å². The number of benzene rings is 1. The van der Waals surface area contributed by atoms with Gasteiger partial charge in [-0.3, -0.25) is 9.59 Å². The van der Waals surface area contributed by atoms with Crippen molar-refractivity contribution in [3.63, 3.8) is 0 Å². The predicted molar refractivity (Wildman–Crippen MR) is 75.5 cm³/mol. The van der Waals surface area contributed by atoms with Gasteiger partial charge in [-0.15, -0.1) is 0 Å². The van der Waals surface area contributed by atoms with Crippen LogP contribution in [0.25, 0.3) is 0 Å². The Morgan fingerprint density at radius 2 is 2.00 bits per heavy atom. The molecule has 2 rings (SSSR count). The summed E-state index contributed by atoms with van der Waals surface area (Å²) in [6, 6.07) is 7.38. The largest absolute Gasteiger partial charge is 0.481 e. The van der Waals surface area contributed by atoms with E-state index in [4.69, 9.17) is 10.8 Å². The van der Waals surface area contributed by atoms with Crippen molar-refractivity contribution in [2.45, 2.75) is 19.3 Å². The predicted octanol–water partition coefficient (Wildman–Crippen LogP) is 1.12. The van der Waals surface area contributed by atoms with Gasteiger partial charge in [-0.2, -0.15) is 0 Å². The van der Waals surface area contributed by atoms with Crippen molar-refractivity contribution in [2.75, 3.05) is 19.6 Å². The van der Waals surface area contributed by atoms with Gasteiger partial charge in [0.25, 0.3) is 5.91 Å². The molecule has 0 saturated carbocycles. The zero-order chi connectivity index (χ0) is 14.5. The molecule has 5 nitrogen and oxygen atoms in total. The van der Waals surface area contributed by atoms with Crippen LogP contribution in [-0.2, 0) is 11.2 Å². The molecule has 1 aliphatic rings. The molecule has 1 aromatic rings. The highest BCUT2D eigenvalue weighted by atomic mass is 16.4. The highest BCUT2D eigenvalue weighted by Gasteiger charge is 2.28. The number of carboxylic acids is 1. The van der Waals surface area contributed by atoms with Gasteiger partial charge < -0.3 is 15.7 Å². The van der Waals surface area contributed by atoms with Gasteiger partial charge >= 0.3 is 5.97 Å². The monoisotopic (exact) mass is 276 g/mol. The van der Waals surface area contributed by atoms with E-state index in [-0.39, 0.29) is 5.91 Å². The number of aliphatic carboxylic acids is 1. The average molecular weight is 276 g/mol. The maximum absolute atomic E-state index is 12.3. The summed E-state index contributed by atoms with van der Waals surface area (Å²) in [5, 5.41) is 9.05. The van der Waals surface area contributed by atoms with Gasteiger partial charge in [-0.25, -0.2) is 0 Å². The second kappa shape index (κ2) is 6.52. The van der Waals surface area contributed by atoms with Gasteiger partial charge in [0.1, 0.15) is 0 Å². The van der Waals surface area contributed by atoms with E-state index in [1.54, 1.807) is 17.0 Å². The summed E-state index contributed by atoms with van der Waals surface area (Å²) in [5.74, 6) is -1.35. The van der Waals surface area contributed by atoms with Gasteiger partial charge in [0, 0.05) is 18.7 Å². The number of hydrogen-bond acceptors (Lipinski definition) is 3. The second-order valence-electron chi connectivity index (χ2n) is 5.16. The van der Waals surface area contributed by atoms with Gasteiger partial charge in [0.05, 0.1) is 5.92 Å². The smallest absolute Gasteiger partial charge is 0.308 e. The minimum atomic E-state index is -0.819. The number of nitrogens with two attached hydrogens (primary N) is 1. The Hall–Kier alpha value is -1.88. The minimum absolute atomic E-state index is 0.0877. The molecule has 0 bridgehead atoms. The maximum atomic E-state index is 12.3. The van der Waals surface area contributed by atoms with Crippen LogP contribution in [0.5, 0.6) is 0 Å². The Morgan fingerprint density at radius 3 is 2.60 bits per heavy atom. The Kier molecular flexibility index (Phi) is 4.74. The Morgan fingerprint density at radius 1 is 1.30 bits per heavy atom. The third kappa shape index (κ3) is 3.36. The van der Waals surface area contributed by atoms with E-state index in [1.807, 2.05) is 12.1 Å². The first-order valence-corrected chi connectivity index (χ1v) is 6.93. The summed E-state index contributed by atoms with van der Waals surface area (Å²) in [7, 11) is 0. The number of carbonyl (C=O) groups is 2. The zero-order valence-electron chi connectivity index (χ0n) is 11.4. The van der Waals surface area contributed by atoms with Crippen LogP contribution in [0.3, 0.4) is 0 Å². The molecule has 5 heteroatoms. The number of amides is 1. The van der Waals surface area contributed by atoms with Crippen LogP contribution in [0.1, 0.15) is 28.8 Å². The van der Waals surface area contributed by atoms with Crippen molar-refractivity contribution in [2.24, 2.45) is 11.7 Å². The fourth-order valence-electron chi connectivity index (χ4n) is 2.53. The van der Waals surface area contributed by atoms with E-state index >= 15 is 0 Å². The van der Waals surface area contributed by atoms with Gasteiger partial charge in [0.2, 0.25) is 0 Å². The lowest BCUT2D eigenvalue weighted by Gasteiger charge is -2.30. The molecule has 1 fully saturated rings. The van der Waals surface area contributed by atoms with E-state index in [9.17, 15) is 9.59 Å². The lowest BCUT2D eigenvalue weighted by atomic mass is 9.97. The summed E-state index contributed by atoms with van der Waals surface area (Å²) in [4.78, 5) is 25.0. The highest BCUT2D eigenvalue weighted by Crippen LogP contribution is 2.19. The van der Waals surface area contributed by atoms with Crippen LogP contribution in [0.2, 0.25) is 0 Å². The summed E-state index contributed by atoms with van der Waals surface area (Å²) in [5.41, 5.74) is 7.20. The molecule has 0 aromatic heterocycles. The molecule has 108 valence electrons. The second-order valence-corrected chi connectivity index (χ2v) is 5.16. The molecule has 0 unspecified atom stereocenters. The third-order valence-corrected chi connectivity index (χ3v) is 3.69. The number of carboxylic acid groups (broad SMARTS) is 1. The van der Waals surface area contributed by atoms with Crippen LogP contribution >= 0.6 is 0 Å². The molecule has 20 heavy (non-hydrogen) atoms. The average Bonchev–Trinajstić information content (AvgIpc) is 2.48. The SMILES string of the molecule is NCCc1ccc(C(=O)N2CCC[C@@H](C(=O)O)C2)cc1. The fourth-order valence-corrected chi connectivity index (χ4v) is 2.53. The number of likely N-dealkylation sites (tertiary alicyclic amines) is 1. The van der Waals surface area contributed by atoms with Crippen molar-refractivity contribution in [3.05, 3.63) is 35.4 Å². The fraction of sp³-hybridized carbons (Fsp3) is 0.467. The maximum Gasteiger partial charge on any atom is 0.308 e. The number of hydrogen-bond donors (Lipinski definition) is 2. The van der Waals surface area contributed by atoms with Gasteiger partial charge in [-0.1, -0.05) is 12.1 Å². The first kappa shape index (κ1) is 14.5. The lowest BCUT2D eigenvalue weighted by Crippen LogP contribution is -2.42. The summed E-state index contributed by atoms with van der Waals surface area (Å²) in [6.07, 6.45) is 2.18. The topological polar surface area (TPSA) is 83.6 Å². The number of rotatable bonds is 4. The number of nitrogens with zero attached hydrogens (tertiary/aromatic N) is 1. The van der Waals surface area contributed by atoms with E-state index in [2.05, 4.69) is 0 Å². The van der Waals surface area contributed by atoms with E-state index in [0.29, 0.717) is 31.6 Å². The molecule has 1 saturated heterocycles. The lowest BCUT2D eigenvalue weighted by molar-refractivity contribution is -0.143. The first-order chi connectivity index (χ1) is 9.61. The van der Waals surface area contributed by atoms with Crippen LogP contribution in [0.4, 0.5) is 0 Å². The summed E-state index contributed by atoms with van der Waals surface area (Å²) in [6.45, 7) is 1.52. The van der Waals surface area contributed by atoms with Crippen molar-refractivity contribution < 1.29 is 14.7 Å². The molecule has 0 radical (unpaired) electrons. The van der Waals surface area contributed by atoms with Crippen LogP contribution in [-0.4, -0.2) is 41.5 Å². The molecular weight excluding hydrogens is 256 g/mol. The third-order valence-electron chi connectivity index (χ3n) is 3.69. The molecule has 1 amide bonds. The van der Waals surface area contributed by atoms with Crippen molar-refractivity contribution in [1.29, 1.82) is 0 Å². The molecule has 3 N–H and O–H groups in total. The number of piperidine rings is 1. The van der Waals surface area contributed by atoms with E-state index in [1.165, 1.54) is 0 Å². The van der Waals surface area contributed by atoms with Gasteiger partial charge in [-0.05, 0) is 43.5 Å². The van der Waals surface area contributed by atoms with Crippen LogP contribution in [0.15, 0.2) is 24.3 Å². The Balaban J connectivity index is 2.04. The van der Waals surface area contributed by atoms with Crippen molar-refractivity contribution >= 4 is 11.9 Å². The standard InChI is InChI=1S/C15H20N2O3/c16-8-7-11-3-5-12(6-4-11)14(18)17-9-1-2-13(10-17)15(19)20/h3-6,13H,1-2,7-10,16H2,(H,19,20)/t13-/m1/s1. The van der Waals surface area contributed by atoms with Crippen molar-refractivity contribution in [3.8, 4) is 0 Å². The quantitative estimate of drug-likeness (QED) is 0.863. The molecular formula is C15H20N2O3. The normalized spacial score (nSPS) is 18.9. The minimum Gasteiger partial charge on any atom is -0.481 e. The zero-order valence-corrected chi connectivity index (χ0v) is 11.4. The summed E-state index contributed by atoms with van der Waals surface area (Å²) < 4.78 is 0. The molecule has 1 heterocycles. The molecule has 1 aromatic carbocycles. The van der Waals surface area contributed by atoms with Crippen LogP contribution < -0.4 is 5.73 Å². The van der Waals surface area contributed by atoms with Crippen LogP contribution in [0, 0.1) is 5.92 Å². The molecule has 1 aliphatic heterocycles. The number of carbonyl (C=O) groups excluding carboxylic acids is 1. The summed E-state index contributed by atoms with van der Waals surface area (Å²) >= 11 is 0. The Labute approximate surface area is 118 Å². The van der Waals surface area contributed by atoms with E-state index in [0.717, 1.165) is 18.4 Å². The highest BCUT2D eigenvalue weighted by molar-refractivity contribution is 5.94. The molecule has 0 spiro atoms. The van der Waals surface area contributed by atoms with Gasteiger partial charge in [0.15, 0.2) is 0 Å². The molecule has 0 aliphatic carbocycles.